The predicted octanol–water partition coefficient (Wildman–Crippen LogP) is 2.03. The Hall–Kier alpha value is -0.370. The molecule has 1 heterocycles. The molecule has 0 spiro atoms. The minimum atomic E-state index is 0.288. The minimum absolute atomic E-state index is 0.288. The molecule has 1 atom stereocenters. The maximum Gasteiger partial charge on any atom is 0.139 e. The van der Waals surface area contributed by atoms with Gasteiger partial charge in [0.05, 0.1) is 0 Å². The molecule has 1 aliphatic heterocycles. The third kappa shape index (κ3) is 2.11. The van der Waals surface area contributed by atoms with E-state index in [1.54, 1.807) is 0 Å². The summed E-state index contributed by atoms with van der Waals surface area (Å²) in [7, 11) is 0. The molecule has 1 saturated heterocycles. The van der Waals surface area contributed by atoms with Crippen molar-refractivity contribution in [1.29, 1.82) is 0 Å². The van der Waals surface area contributed by atoms with E-state index in [-0.39, 0.29) is 5.92 Å². The molecule has 0 aromatic rings. The fourth-order valence-corrected chi connectivity index (χ4v) is 2.19. The maximum atomic E-state index is 11.8. The summed E-state index contributed by atoms with van der Waals surface area (Å²) in [5, 5.41) is 0. The first-order valence-corrected chi connectivity index (χ1v) is 5.40. The van der Waals surface area contributed by atoms with Gasteiger partial charge in [-0.05, 0) is 31.6 Å². The van der Waals surface area contributed by atoms with Crippen LogP contribution in [0.1, 0.15) is 32.6 Å². The van der Waals surface area contributed by atoms with Gasteiger partial charge in [0.15, 0.2) is 0 Å². The van der Waals surface area contributed by atoms with Gasteiger partial charge in [0.2, 0.25) is 0 Å². The first-order chi connectivity index (χ1) is 6.29. The van der Waals surface area contributed by atoms with Gasteiger partial charge in [0, 0.05) is 25.0 Å². The third-order valence-corrected chi connectivity index (χ3v) is 3.40. The third-order valence-electron chi connectivity index (χ3n) is 3.40. The Bertz CT molecular complexity index is 190. The van der Waals surface area contributed by atoms with Crippen LogP contribution in [0.5, 0.6) is 0 Å². The van der Waals surface area contributed by atoms with Crippen molar-refractivity contribution in [3.8, 4) is 0 Å². The standard InChI is InChI=1S/C11H18O2/c1-8(11(12)10-2-3-10)9-4-6-13-7-5-9/h8-10H,2-7H2,1H3/t8-/m0/s1. The van der Waals surface area contributed by atoms with Crippen LogP contribution in [0.15, 0.2) is 0 Å². The summed E-state index contributed by atoms with van der Waals surface area (Å²) >= 11 is 0. The molecule has 0 N–H and O–H groups in total. The van der Waals surface area contributed by atoms with Crippen molar-refractivity contribution in [3.05, 3.63) is 0 Å². The molecule has 1 saturated carbocycles. The van der Waals surface area contributed by atoms with Crippen molar-refractivity contribution >= 4 is 5.78 Å². The average molecular weight is 182 g/mol. The summed E-state index contributed by atoms with van der Waals surface area (Å²) in [5.41, 5.74) is 0. The van der Waals surface area contributed by atoms with E-state index in [1.165, 1.54) is 0 Å². The zero-order chi connectivity index (χ0) is 9.26. The van der Waals surface area contributed by atoms with Crippen LogP contribution in [-0.2, 0) is 9.53 Å². The number of rotatable bonds is 3. The molecule has 2 nitrogen and oxygen atoms in total. The van der Waals surface area contributed by atoms with Crippen LogP contribution in [0.3, 0.4) is 0 Å². The van der Waals surface area contributed by atoms with Gasteiger partial charge in [-0.1, -0.05) is 6.92 Å². The number of carbonyl (C=O) groups is 1. The molecule has 0 aromatic carbocycles. The molecule has 74 valence electrons. The predicted molar refractivity (Wildman–Crippen MR) is 50.4 cm³/mol. The van der Waals surface area contributed by atoms with Crippen LogP contribution in [0.25, 0.3) is 0 Å². The summed E-state index contributed by atoms with van der Waals surface area (Å²) < 4.78 is 5.29. The fourth-order valence-electron chi connectivity index (χ4n) is 2.19. The molecule has 2 heteroatoms. The van der Waals surface area contributed by atoms with Crippen LogP contribution in [-0.4, -0.2) is 19.0 Å². The summed E-state index contributed by atoms with van der Waals surface area (Å²) in [6.07, 6.45) is 4.46. The Kier molecular flexibility index (Phi) is 2.68. The van der Waals surface area contributed by atoms with Crippen molar-refractivity contribution < 1.29 is 9.53 Å². The SMILES string of the molecule is C[C@H](C(=O)C1CC1)C1CCOCC1. The van der Waals surface area contributed by atoms with Gasteiger partial charge in [-0.2, -0.15) is 0 Å². The second-order valence-corrected chi connectivity index (χ2v) is 4.42. The van der Waals surface area contributed by atoms with Crippen LogP contribution < -0.4 is 0 Å². The molecular formula is C11H18O2. The minimum Gasteiger partial charge on any atom is -0.381 e. The van der Waals surface area contributed by atoms with Gasteiger partial charge < -0.3 is 4.74 Å². The van der Waals surface area contributed by atoms with E-state index in [0.29, 0.717) is 17.6 Å². The number of hydrogen-bond donors (Lipinski definition) is 0. The molecule has 0 aromatic heterocycles. The summed E-state index contributed by atoms with van der Waals surface area (Å²) in [6.45, 7) is 3.82. The van der Waals surface area contributed by atoms with Gasteiger partial charge in [0.25, 0.3) is 0 Å². The van der Waals surface area contributed by atoms with E-state index in [4.69, 9.17) is 4.74 Å². The Morgan fingerprint density at radius 1 is 1.23 bits per heavy atom. The van der Waals surface area contributed by atoms with E-state index < -0.39 is 0 Å². The lowest BCUT2D eigenvalue weighted by atomic mass is 9.83. The van der Waals surface area contributed by atoms with E-state index in [0.717, 1.165) is 38.9 Å². The van der Waals surface area contributed by atoms with Gasteiger partial charge in [-0.25, -0.2) is 0 Å². The Morgan fingerprint density at radius 3 is 2.38 bits per heavy atom. The number of ether oxygens (including phenoxy) is 1. The van der Waals surface area contributed by atoms with E-state index in [1.807, 2.05) is 0 Å². The lowest BCUT2D eigenvalue weighted by Crippen LogP contribution is -2.27. The number of ketones is 1. The largest absolute Gasteiger partial charge is 0.381 e. The first-order valence-electron chi connectivity index (χ1n) is 5.40. The molecule has 2 aliphatic rings. The Labute approximate surface area is 79.7 Å². The molecule has 0 radical (unpaired) electrons. The van der Waals surface area contributed by atoms with Crippen molar-refractivity contribution in [1.82, 2.24) is 0 Å². The quantitative estimate of drug-likeness (QED) is 0.667. The molecule has 2 fully saturated rings. The smallest absolute Gasteiger partial charge is 0.139 e. The second-order valence-electron chi connectivity index (χ2n) is 4.42. The summed E-state index contributed by atoms with van der Waals surface area (Å²) in [5.74, 6) is 1.84. The molecule has 0 bridgehead atoms. The van der Waals surface area contributed by atoms with Crippen molar-refractivity contribution in [2.24, 2.45) is 17.8 Å². The van der Waals surface area contributed by atoms with Gasteiger partial charge in [0.1, 0.15) is 5.78 Å². The zero-order valence-electron chi connectivity index (χ0n) is 8.29. The highest BCUT2D eigenvalue weighted by Gasteiger charge is 2.36. The monoisotopic (exact) mass is 182 g/mol. The molecule has 2 rings (SSSR count). The normalized spacial score (nSPS) is 27.2. The molecule has 0 unspecified atom stereocenters. The lowest BCUT2D eigenvalue weighted by molar-refractivity contribution is -0.126. The van der Waals surface area contributed by atoms with Crippen molar-refractivity contribution in [2.45, 2.75) is 32.6 Å². The van der Waals surface area contributed by atoms with E-state index >= 15 is 0 Å². The van der Waals surface area contributed by atoms with Crippen LogP contribution in [0.2, 0.25) is 0 Å². The van der Waals surface area contributed by atoms with Crippen LogP contribution in [0, 0.1) is 17.8 Å². The summed E-state index contributed by atoms with van der Waals surface area (Å²) in [6, 6.07) is 0. The number of carbonyl (C=O) groups excluding carboxylic acids is 1. The summed E-state index contributed by atoms with van der Waals surface area (Å²) in [4.78, 5) is 11.8. The molecule has 13 heavy (non-hydrogen) atoms. The van der Waals surface area contributed by atoms with E-state index in [2.05, 4.69) is 6.92 Å². The lowest BCUT2D eigenvalue weighted by Gasteiger charge is -2.26. The van der Waals surface area contributed by atoms with Crippen LogP contribution >= 0.6 is 0 Å². The van der Waals surface area contributed by atoms with Crippen molar-refractivity contribution in [3.63, 3.8) is 0 Å². The number of hydrogen-bond acceptors (Lipinski definition) is 2. The molecule has 0 amide bonds. The fraction of sp³-hybridized carbons (Fsp3) is 0.909. The number of Topliss-reactive ketones (excluding diaryl/α,β-unsaturated/α-hetero) is 1. The molecular weight excluding hydrogens is 164 g/mol. The Balaban J connectivity index is 1.86. The molecule has 1 aliphatic carbocycles. The second kappa shape index (κ2) is 3.79. The first kappa shape index (κ1) is 9.20. The van der Waals surface area contributed by atoms with Crippen molar-refractivity contribution in [2.75, 3.05) is 13.2 Å². The van der Waals surface area contributed by atoms with E-state index in [9.17, 15) is 4.79 Å². The highest BCUT2D eigenvalue weighted by molar-refractivity contribution is 5.85. The van der Waals surface area contributed by atoms with Gasteiger partial charge in [-0.15, -0.1) is 0 Å². The highest BCUT2D eigenvalue weighted by atomic mass is 16.5. The Morgan fingerprint density at radius 2 is 1.85 bits per heavy atom. The highest BCUT2D eigenvalue weighted by Crippen LogP contribution is 2.36. The average Bonchev–Trinajstić information content (AvgIpc) is 3.00. The zero-order valence-corrected chi connectivity index (χ0v) is 8.29. The maximum absolute atomic E-state index is 11.8. The van der Waals surface area contributed by atoms with Gasteiger partial charge >= 0.3 is 0 Å². The van der Waals surface area contributed by atoms with Gasteiger partial charge in [-0.3, -0.25) is 4.79 Å². The van der Waals surface area contributed by atoms with Crippen LogP contribution in [0.4, 0.5) is 0 Å². The topological polar surface area (TPSA) is 26.3 Å².